The predicted octanol–water partition coefficient (Wildman–Crippen LogP) is 4.69. The van der Waals surface area contributed by atoms with E-state index in [2.05, 4.69) is 61.8 Å². The summed E-state index contributed by atoms with van der Waals surface area (Å²) in [4.78, 5) is 37.5. The first-order valence-corrected chi connectivity index (χ1v) is 17.0. The Morgan fingerprint density at radius 1 is 0.959 bits per heavy atom. The summed E-state index contributed by atoms with van der Waals surface area (Å²) < 4.78 is 8.52. The molecule has 13 heteroatoms. The number of carbonyl (C=O) groups excluding carboxylic acids is 2. The number of likely N-dealkylation sites (tertiary alicyclic amines) is 1. The number of urea groups is 1. The lowest BCUT2D eigenvalue weighted by Crippen LogP contribution is -2.37. The molecule has 49 heavy (non-hydrogen) atoms. The Morgan fingerprint density at radius 3 is 2.45 bits per heavy atom. The highest BCUT2D eigenvalue weighted by Gasteiger charge is 2.30. The number of ether oxygens (including phenoxy) is 1. The van der Waals surface area contributed by atoms with Crippen LogP contribution < -0.4 is 20.7 Å². The van der Waals surface area contributed by atoms with E-state index in [1.165, 1.54) is 0 Å². The Morgan fingerprint density at radius 2 is 1.73 bits per heavy atom. The zero-order valence-electron chi connectivity index (χ0n) is 29.2. The van der Waals surface area contributed by atoms with Gasteiger partial charge in [0, 0.05) is 43.1 Å². The van der Waals surface area contributed by atoms with Crippen molar-refractivity contribution in [3.05, 3.63) is 77.1 Å². The normalized spacial score (nSPS) is 19.8. The van der Waals surface area contributed by atoms with Gasteiger partial charge in [0.2, 0.25) is 5.82 Å². The van der Waals surface area contributed by atoms with Crippen molar-refractivity contribution in [3.63, 3.8) is 0 Å². The summed E-state index contributed by atoms with van der Waals surface area (Å²) >= 11 is 0. The number of anilines is 1. The number of hydrogen-bond donors (Lipinski definition) is 4. The molecule has 2 aliphatic rings. The number of fused-ring (bicyclic) bond motifs is 2. The second-order valence-electron chi connectivity index (χ2n) is 15.0. The Balaban J connectivity index is 1.13. The van der Waals surface area contributed by atoms with E-state index in [9.17, 15) is 14.7 Å². The summed E-state index contributed by atoms with van der Waals surface area (Å²) in [7, 11) is 0. The van der Waals surface area contributed by atoms with E-state index in [1.54, 1.807) is 6.07 Å². The van der Waals surface area contributed by atoms with Crippen molar-refractivity contribution in [2.45, 2.75) is 89.9 Å². The average molecular weight is 670 g/mol. The highest BCUT2D eigenvalue weighted by Crippen LogP contribution is 2.39. The standard InChI is InChI=1S/C36H47N9O4/c1-35(2,3)28-19-29(40-31(39-28)32(47)37-16-18-44-17-15-22(46)20-44)41-34(48)38-26-12-13-27(25-10-8-7-9-24(25)26)49-23-11-14-30-42-43-33(36(4,5)6)45(30)21-23/h7-11,14,19,21-22,26-27,46H,12-13,15-18,20H2,1-6H3,(H,37,47)(H2,38,39,40,41,48)/t22-,26-,27+/m0/s1. The van der Waals surface area contributed by atoms with Gasteiger partial charge in [-0.3, -0.25) is 19.4 Å². The summed E-state index contributed by atoms with van der Waals surface area (Å²) in [5.41, 5.74) is 2.83. The molecular weight excluding hydrogens is 622 g/mol. The smallest absolute Gasteiger partial charge is 0.320 e. The molecule has 4 heterocycles. The number of aromatic nitrogens is 5. The van der Waals surface area contributed by atoms with Gasteiger partial charge < -0.3 is 20.5 Å². The Bertz CT molecular complexity index is 1830. The minimum Gasteiger partial charge on any atom is -0.484 e. The van der Waals surface area contributed by atoms with Crippen LogP contribution in [-0.2, 0) is 10.8 Å². The van der Waals surface area contributed by atoms with E-state index in [4.69, 9.17) is 4.74 Å². The van der Waals surface area contributed by atoms with E-state index in [0.717, 1.165) is 41.3 Å². The van der Waals surface area contributed by atoms with Gasteiger partial charge in [0.15, 0.2) is 5.65 Å². The molecule has 3 aromatic heterocycles. The van der Waals surface area contributed by atoms with Gasteiger partial charge in [0.1, 0.15) is 23.5 Å². The van der Waals surface area contributed by atoms with E-state index in [0.29, 0.717) is 38.2 Å². The van der Waals surface area contributed by atoms with Crippen molar-refractivity contribution >= 4 is 23.4 Å². The van der Waals surface area contributed by atoms with Gasteiger partial charge in [-0.25, -0.2) is 14.8 Å². The van der Waals surface area contributed by atoms with Gasteiger partial charge in [-0.2, -0.15) is 0 Å². The predicted molar refractivity (Wildman–Crippen MR) is 186 cm³/mol. The molecule has 1 aromatic carbocycles. The van der Waals surface area contributed by atoms with Crippen molar-refractivity contribution in [2.75, 3.05) is 31.5 Å². The van der Waals surface area contributed by atoms with Gasteiger partial charge in [-0.05, 0) is 42.5 Å². The third-order valence-electron chi connectivity index (χ3n) is 8.97. The lowest BCUT2D eigenvalue weighted by Gasteiger charge is -2.32. The number of amides is 3. The SMILES string of the molecule is CC(C)(C)c1cc(NC(=O)N[C@H]2CC[C@@H](Oc3ccc4nnc(C(C)(C)C)n4c3)c3ccccc32)nc(C(=O)NCCN2CC[C@H](O)C2)n1. The van der Waals surface area contributed by atoms with Gasteiger partial charge in [0.05, 0.1) is 24.0 Å². The maximum atomic E-state index is 13.4. The number of nitrogens with one attached hydrogen (secondary N) is 3. The van der Waals surface area contributed by atoms with Crippen LogP contribution in [0.2, 0.25) is 0 Å². The molecule has 1 aliphatic heterocycles. The molecule has 0 bridgehead atoms. The highest BCUT2D eigenvalue weighted by molar-refractivity contribution is 5.92. The number of aliphatic hydroxyl groups is 1. The molecule has 260 valence electrons. The molecular formula is C36H47N9O4. The topological polar surface area (TPSA) is 159 Å². The number of aliphatic hydroxyl groups excluding tert-OH is 1. The highest BCUT2D eigenvalue weighted by atomic mass is 16.5. The van der Waals surface area contributed by atoms with Crippen LogP contribution in [0.3, 0.4) is 0 Å². The van der Waals surface area contributed by atoms with Crippen molar-refractivity contribution < 1.29 is 19.4 Å². The number of rotatable bonds is 8. The van der Waals surface area contributed by atoms with Crippen LogP contribution in [0.4, 0.5) is 10.6 Å². The zero-order chi connectivity index (χ0) is 34.9. The quantitative estimate of drug-likeness (QED) is 0.209. The van der Waals surface area contributed by atoms with Crippen LogP contribution in [-0.4, -0.2) is 78.8 Å². The Labute approximate surface area is 286 Å². The first kappa shape index (κ1) is 34.3. The third-order valence-corrected chi connectivity index (χ3v) is 8.97. The van der Waals surface area contributed by atoms with Crippen molar-refractivity contribution in [2.24, 2.45) is 0 Å². The second kappa shape index (κ2) is 13.7. The maximum absolute atomic E-state index is 13.4. The lowest BCUT2D eigenvalue weighted by atomic mass is 9.85. The number of carbonyl (C=O) groups is 2. The van der Waals surface area contributed by atoms with Crippen molar-refractivity contribution in [1.82, 2.24) is 40.1 Å². The van der Waals surface area contributed by atoms with Gasteiger partial charge in [0.25, 0.3) is 5.91 Å². The molecule has 0 spiro atoms. The van der Waals surface area contributed by atoms with Crippen LogP contribution in [0, 0.1) is 0 Å². The molecule has 0 radical (unpaired) electrons. The molecule has 4 aromatic rings. The minimum atomic E-state index is -0.426. The number of benzene rings is 1. The number of β-amino-alcohol motifs (C(OH)–C–C–N with tert-alkyl or cyclic N) is 1. The van der Waals surface area contributed by atoms with Crippen LogP contribution in [0.5, 0.6) is 5.75 Å². The van der Waals surface area contributed by atoms with Crippen molar-refractivity contribution in [1.29, 1.82) is 0 Å². The van der Waals surface area contributed by atoms with Crippen LogP contribution in [0.15, 0.2) is 48.7 Å². The van der Waals surface area contributed by atoms with E-state index in [1.807, 2.05) is 67.8 Å². The molecule has 3 atom stereocenters. The zero-order valence-corrected chi connectivity index (χ0v) is 29.2. The van der Waals surface area contributed by atoms with E-state index >= 15 is 0 Å². The maximum Gasteiger partial charge on any atom is 0.320 e. The Kier molecular flexibility index (Phi) is 9.58. The number of hydrogen-bond acceptors (Lipinski definition) is 9. The van der Waals surface area contributed by atoms with Crippen molar-refractivity contribution in [3.8, 4) is 5.75 Å². The van der Waals surface area contributed by atoms with Crippen LogP contribution in [0.1, 0.15) is 106 Å². The van der Waals surface area contributed by atoms with Gasteiger partial charge in [-0.1, -0.05) is 65.8 Å². The third kappa shape index (κ3) is 8.00. The molecule has 4 N–H and O–H groups in total. The summed E-state index contributed by atoms with van der Waals surface area (Å²) in [6.45, 7) is 14.7. The molecule has 0 unspecified atom stereocenters. The Hall–Kier alpha value is -4.62. The second-order valence-corrected chi connectivity index (χ2v) is 15.0. The average Bonchev–Trinajstić information content (AvgIpc) is 3.67. The largest absolute Gasteiger partial charge is 0.484 e. The van der Waals surface area contributed by atoms with E-state index in [-0.39, 0.29) is 40.7 Å². The van der Waals surface area contributed by atoms with Crippen LogP contribution >= 0.6 is 0 Å². The molecule has 1 saturated heterocycles. The molecule has 1 fully saturated rings. The fourth-order valence-electron chi connectivity index (χ4n) is 6.37. The molecule has 3 amide bonds. The fourth-order valence-corrected chi connectivity index (χ4v) is 6.37. The fraction of sp³-hybridized carbons (Fsp3) is 0.500. The summed E-state index contributed by atoms with van der Waals surface area (Å²) in [5.74, 6) is 1.40. The molecule has 0 saturated carbocycles. The minimum absolute atomic E-state index is 0.00790. The lowest BCUT2D eigenvalue weighted by molar-refractivity contribution is 0.0938. The van der Waals surface area contributed by atoms with Gasteiger partial charge >= 0.3 is 6.03 Å². The first-order valence-electron chi connectivity index (χ1n) is 17.0. The molecule has 1 aliphatic carbocycles. The molecule has 13 nitrogen and oxygen atoms in total. The van der Waals surface area contributed by atoms with Crippen LogP contribution in [0.25, 0.3) is 5.65 Å². The van der Waals surface area contributed by atoms with E-state index < -0.39 is 11.9 Å². The molecule has 6 rings (SSSR count). The monoisotopic (exact) mass is 669 g/mol. The number of pyridine rings is 1. The number of nitrogens with zero attached hydrogens (tertiary/aromatic N) is 6. The first-order chi connectivity index (χ1) is 23.2. The van der Waals surface area contributed by atoms with Gasteiger partial charge in [-0.15, -0.1) is 10.2 Å². The summed E-state index contributed by atoms with van der Waals surface area (Å²) in [6, 6.07) is 12.9. The summed E-state index contributed by atoms with van der Waals surface area (Å²) in [5, 5.41) is 27.3. The summed E-state index contributed by atoms with van der Waals surface area (Å²) in [6.07, 6.45) is 3.52.